The average molecular weight is 365 g/mol. The smallest absolute Gasteiger partial charge is 0.283 e. The highest BCUT2D eigenvalue weighted by Gasteiger charge is 2.16. The first-order valence-corrected chi connectivity index (χ1v) is 8.12. The van der Waals surface area contributed by atoms with Crippen molar-refractivity contribution in [1.82, 2.24) is 5.43 Å². The average Bonchev–Trinajstić information content (AvgIpc) is 2.83. The lowest BCUT2D eigenvalue weighted by Crippen LogP contribution is -2.16. The summed E-state index contributed by atoms with van der Waals surface area (Å²) in [5.74, 6) is -0.270. The van der Waals surface area contributed by atoms with Gasteiger partial charge in [0.25, 0.3) is 5.91 Å². The molecule has 1 amide bonds. The molecule has 116 valence electrons. The highest BCUT2D eigenvalue weighted by molar-refractivity contribution is 7.21. The summed E-state index contributed by atoms with van der Waals surface area (Å²) in [5.41, 5.74) is 3.09. The molecule has 0 saturated heterocycles. The fraction of sp³-hybridized carbons (Fsp3) is 0. The Morgan fingerprint density at radius 3 is 2.83 bits per heavy atom. The molecule has 0 atom stereocenters. The zero-order valence-corrected chi connectivity index (χ0v) is 13.9. The van der Waals surface area contributed by atoms with E-state index < -0.39 is 5.91 Å². The first kappa shape index (κ1) is 15.8. The number of hydrogen-bond donors (Lipinski definition) is 2. The minimum absolute atomic E-state index is 0.129. The second kappa shape index (κ2) is 6.58. The number of rotatable bonds is 3. The molecule has 0 aliphatic carbocycles. The molecule has 4 nitrogen and oxygen atoms in total. The number of phenols is 1. The van der Waals surface area contributed by atoms with Gasteiger partial charge in [0.2, 0.25) is 0 Å². The van der Waals surface area contributed by atoms with Gasteiger partial charge in [0.15, 0.2) is 0 Å². The van der Waals surface area contributed by atoms with Gasteiger partial charge < -0.3 is 5.11 Å². The van der Waals surface area contributed by atoms with Crippen LogP contribution in [0.15, 0.2) is 47.6 Å². The van der Waals surface area contributed by atoms with Crippen LogP contribution in [0.4, 0.5) is 0 Å². The van der Waals surface area contributed by atoms with Crippen molar-refractivity contribution in [2.45, 2.75) is 0 Å². The first-order chi connectivity index (χ1) is 11.0. The maximum atomic E-state index is 12.2. The number of aromatic hydroxyl groups is 1. The Kier molecular flexibility index (Phi) is 4.52. The van der Waals surface area contributed by atoms with Gasteiger partial charge in [-0.25, -0.2) is 5.43 Å². The largest absolute Gasteiger partial charge is 0.508 e. The highest BCUT2D eigenvalue weighted by Crippen LogP contribution is 2.36. The molecule has 1 aromatic heterocycles. The summed E-state index contributed by atoms with van der Waals surface area (Å²) < 4.78 is 0.838. The summed E-state index contributed by atoms with van der Waals surface area (Å²) in [6.07, 6.45) is 1.44. The normalized spacial score (nSPS) is 11.2. The molecule has 0 bridgehead atoms. The van der Waals surface area contributed by atoms with E-state index in [4.69, 9.17) is 23.2 Å². The third-order valence-corrected chi connectivity index (χ3v) is 4.94. The molecule has 3 aromatic rings. The Hall–Kier alpha value is -2.08. The van der Waals surface area contributed by atoms with E-state index in [0.29, 0.717) is 20.5 Å². The van der Waals surface area contributed by atoms with Crippen LogP contribution in [0.25, 0.3) is 10.1 Å². The molecule has 2 N–H and O–H groups in total. The molecular weight excluding hydrogens is 355 g/mol. The number of nitrogens with one attached hydrogen (secondary N) is 1. The molecular formula is C16H10Cl2N2O2S. The molecule has 0 radical (unpaired) electrons. The number of hydrogen-bond acceptors (Lipinski definition) is 4. The van der Waals surface area contributed by atoms with E-state index in [1.165, 1.54) is 23.6 Å². The molecule has 1 heterocycles. The SMILES string of the molecule is O=C(N/N=C/c1cccc(O)c1)c1sc2cc(Cl)ccc2c1Cl. The molecule has 0 spiro atoms. The zero-order chi connectivity index (χ0) is 16.4. The van der Waals surface area contributed by atoms with Crippen LogP contribution in [0, 0.1) is 0 Å². The van der Waals surface area contributed by atoms with Crippen molar-refractivity contribution < 1.29 is 9.90 Å². The fourth-order valence-electron chi connectivity index (χ4n) is 2.01. The van der Waals surface area contributed by atoms with Crippen molar-refractivity contribution in [3.05, 3.63) is 63.0 Å². The van der Waals surface area contributed by atoms with Crippen LogP contribution in [0.3, 0.4) is 0 Å². The summed E-state index contributed by atoms with van der Waals surface area (Å²) in [6, 6.07) is 11.8. The van der Waals surface area contributed by atoms with Gasteiger partial charge in [0.05, 0.1) is 11.2 Å². The van der Waals surface area contributed by atoms with Crippen molar-refractivity contribution in [3.8, 4) is 5.75 Å². The van der Waals surface area contributed by atoms with E-state index in [0.717, 1.165) is 10.1 Å². The van der Waals surface area contributed by atoms with Gasteiger partial charge in [0.1, 0.15) is 10.6 Å². The maximum absolute atomic E-state index is 12.2. The van der Waals surface area contributed by atoms with Crippen molar-refractivity contribution in [1.29, 1.82) is 0 Å². The number of thiophene rings is 1. The minimum Gasteiger partial charge on any atom is -0.508 e. The monoisotopic (exact) mass is 364 g/mol. The quantitative estimate of drug-likeness (QED) is 0.523. The van der Waals surface area contributed by atoms with Gasteiger partial charge in [-0.05, 0) is 29.8 Å². The Labute approximate surface area is 146 Å². The van der Waals surface area contributed by atoms with E-state index in [-0.39, 0.29) is 5.75 Å². The number of fused-ring (bicyclic) bond motifs is 1. The van der Waals surface area contributed by atoms with Crippen LogP contribution in [0.1, 0.15) is 15.2 Å². The lowest BCUT2D eigenvalue weighted by molar-refractivity contribution is 0.0959. The van der Waals surface area contributed by atoms with Crippen LogP contribution < -0.4 is 5.43 Å². The third kappa shape index (κ3) is 3.47. The zero-order valence-electron chi connectivity index (χ0n) is 11.6. The molecule has 0 aliphatic heterocycles. The van der Waals surface area contributed by atoms with E-state index in [9.17, 15) is 9.90 Å². The molecule has 23 heavy (non-hydrogen) atoms. The summed E-state index contributed by atoms with van der Waals surface area (Å²) >= 11 is 13.4. The summed E-state index contributed by atoms with van der Waals surface area (Å²) in [6.45, 7) is 0. The van der Waals surface area contributed by atoms with E-state index in [1.807, 2.05) is 0 Å². The van der Waals surface area contributed by atoms with Gasteiger partial charge in [-0.3, -0.25) is 4.79 Å². The highest BCUT2D eigenvalue weighted by atomic mass is 35.5. The molecule has 2 aromatic carbocycles. The topological polar surface area (TPSA) is 61.7 Å². The predicted molar refractivity (Wildman–Crippen MR) is 95.0 cm³/mol. The molecule has 7 heteroatoms. The standard InChI is InChI=1S/C16H10Cl2N2O2S/c17-10-4-5-12-13(7-10)23-15(14(12)18)16(22)20-19-8-9-2-1-3-11(21)6-9/h1-8,21H,(H,20,22)/b19-8+. The summed E-state index contributed by atoms with van der Waals surface area (Å²) in [4.78, 5) is 12.6. The second-order valence-electron chi connectivity index (χ2n) is 4.68. The lowest BCUT2D eigenvalue weighted by atomic mass is 10.2. The Morgan fingerprint density at radius 1 is 1.22 bits per heavy atom. The van der Waals surface area contributed by atoms with Crippen LogP contribution in [0.5, 0.6) is 5.75 Å². The van der Waals surface area contributed by atoms with Crippen molar-refractivity contribution in [2.24, 2.45) is 5.10 Å². The number of carbonyl (C=O) groups is 1. The van der Waals surface area contributed by atoms with Crippen molar-refractivity contribution >= 4 is 56.7 Å². The van der Waals surface area contributed by atoms with Gasteiger partial charge in [0, 0.05) is 15.1 Å². The van der Waals surface area contributed by atoms with Gasteiger partial charge in [-0.15, -0.1) is 11.3 Å². The van der Waals surface area contributed by atoms with Gasteiger partial charge >= 0.3 is 0 Å². The number of halogens is 2. The Bertz CT molecular complexity index is 922. The number of nitrogens with zero attached hydrogens (tertiary/aromatic N) is 1. The predicted octanol–water partition coefficient (Wildman–Crippen LogP) is 4.68. The number of hydrazone groups is 1. The summed E-state index contributed by atoms with van der Waals surface area (Å²) in [7, 11) is 0. The number of carbonyl (C=O) groups excluding carboxylic acids is 1. The maximum Gasteiger partial charge on any atom is 0.283 e. The van der Waals surface area contributed by atoms with Crippen LogP contribution >= 0.6 is 34.5 Å². The van der Waals surface area contributed by atoms with Gasteiger partial charge in [-0.2, -0.15) is 5.10 Å². The molecule has 0 saturated carbocycles. The van der Waals surface area contributed by atoms with Crippen molar-refractivity contribution in [3.63, 3.8) is 0 Å². The number of amides is 1. The molecule has 0 fully saturated rings. The van der Waals surface area contributed by atoms with Crippen molar-refractivity contribution in [2.75, 3.05) is 0 Å². The van der Waals surface area contributed by atoms with E-state index >= 15 is 0 Å². The van der Waals surface area contributed by atoms with E-state index in [2.05, 4.69) is 10.5 Å². The summed E-state index contributed by atoms with van der Waals surface area (Å²) in [5, 5.41) is 15.0. The molecule has 0 unspecified atom stereocenters. The van der Waals surface area contributed by atoms with E-state index in [1.54, 1.807) is 36.4 Å². The first-order valence-electron chi connectivity index (χ1n) is 6.54. The van der Waals surface area contributed by atoms with Gasteiger partial charge in [-0.1, -0.05) is 41.4 Å². The molecule has 3 rings (SSSR count). The lowest BCUT2D eigenvalue weighted by Gasteiger charge is -1.98. The fourth-order valence-corrected chi connectivity index (χ4v) is 3.69. The third-order valence-electron chi connectivity index (χ3n) is 3.05. The second-order valence-corrected chi connectivity index (χ2v) is 6.55. The minimum atomic E-state index is -0.399. The number of phenolic OH excluding ortho intramolecular Hbond substituents is 1. The van der Waals surface area contributed by atoms with Crippen LogP contribution in [-0.4, -0.2) is 17.2 Å². The molecule has 0 aliphatic rings. The number of benzene rings is 2. The Morgan fingerprint density at radius 2 is 2.04 bits per heavy atom. The Balaban J connectivity index is 1.79. The van der Waals surface area contributed by atoms with Crippen LogP contribution in [0.2, 0.25) is 10.0 Å². The van der Waals surface area contributed by atoms with Crippen LogP contribution in [-0.2, 0) is 0 Å².